The SMILES string of the molecule is CC1=C[C@@H]2N(c3ccccc31)[C@H](C(=O)c1ccc(Cl)cc1)[C@@H](C(=O)c1ccccc1)[C@]21C(=O)Nc2ccccc21. The van der Waals surface area contributed by atoms with E-state index in [4.69, 9.17) is 11.6 Å². The summed E-state index contributed by atoms with van der Waals surface area (Å²) in [7, 11) is 0. The number of nitrogens with one attached hydrogen (secondary N) is 1. The summed E-state index contributed by atoms with van der Waals surface area (Å²) in [6.45, 7) is 2.02. The van der Waals surface area contributed by atoms with Crippen molar-refractivity contribution in [2.75, 3.05) is 10.2 Å². The molecule has 1 amide bonds. The van der Waals surface area contributed by atoms with E-state index in [2.05, 4.69) is 11.4 Å². The van der Waals surface area contributed by atoms with Gasteiger partial charge in [0.15, 0.2) is 11.6 Å². The second-order valence-electron chi connectivity index (χ2n) is 10.6. The second-order valence-corrected chi connectivity index (χ2v) is 11.0. The number of amides is 1. The maximum atomic E-state index is 14.7. The molecular formula is C34H25ClN2O3. The first kappa shape index (κ1) is 24.6. The van der Waals surface area contributed by atoms with Gasteiger partial charge in [-0.3, -0.25) is 14.4 Å². The predicted molar refractivity (Wildman–Crippen MR) is 157 cm³/mol. The average molecular weight is 545 g/mol. The van der Waals surface area contributed by atoms with Gasteiger partial charge in [0.1, 0.15) is 11.5 Å². The Labute approximate surface area is 237 Å². The van der Waals surface area contributed by atoms with Crippen LogP contribution in [-0.2, 0) is 10.2 Å². The van der Waals surface area contributed by atoms with Gasteiger partial charge in [0, 0.05) is 33.1 Å². The summed E-state index contributed by atoms with van der Waals surface area (Å²) in [5.74, 6) is -1.74. The normalized spacial score (nSPS) is 24.1. The minimum atomic E-state index is -1.33. The smallest absolute Gasteiger partial charge is 0.238 e. The maximum absolute atomic E-state index is 14.7. The van der Waals surface area contributed by atoms with Gasteiger partial charge in [0.2, 0.25) is 5.91 Å². The zero-order chi connectivity index (χ0) is 27.6. The molecule has 5 nitrogen and oxygen atoms in total. The van der Waals surface area contributed by atoms with E-state index >= 15 is 0 Å². The fraction of sp³-hybridized carbons (Fsp3) is 0.147. The second kappa shape index (κ2) is 9.04. The Balaban J connectivity index is 1.56. The van der Waals surface area contributed by atoms with Crippen molar-refractivity contribution in [3.05, 3.63) is 136 Å². The molecule has 7 rings (SSSR count). The number of carbonyl (C=O) groups excluding carboxylic acids is 3. The lowest BCUT2D eigenvalue weighted by Gasteiger charge is -2.39. The zero-order valence-corrected chi connectivity index (χ0v) is 22.4. The Morgan fingerprint density at radius 2 is 1.45 bits per heavy atom. The van der Waals surface area contributed by atoms with Crippen LogP contribution in [0.4, 0.5) is 11.4 Å². The molecule has 0 saturated carbocycles. The number of hydrogen-bond donors (Lipinski definition) is 1. The number of allylic oxidation sites excluding steroid dienone is 1. The van der Waals surface area contributed by atoms with Gasteiger partial charge in [-0.25, -0.2) is 0 Å². The molecule has 0 unspecified atom stereocenters. The molecule has 4 aromatic rings. The van der Waals surface area contributed by atoms with E-state index in [1.165, 1.54) is 0 Å². The van der Waals surface area contributed by atoms with Gasteiger partial charge in [-0.1, -0.05) is 84.4 Å². The Kier molecular flexibility index (Phi) is 5.55. The van der Waals surface area contributed by atoms with Gasteiger partial charge in [0.05, 0.1) is 12.0 Å². The number of anilines is 2. The molecule has 1 N–H and O–H groups in total. The largest absolute Gasteiger partial charge is 0.352 e. The van der Waals surface area contributed by atoms with Crippen molar-refractivity contribution in [2.24, 2.45) is 5.92 Å². The third-order valence-electron chi connectivity index (χ3n) is 8.62. The van der Waals surface area contributed by atoms with E-state index in [1.54, 1.807) is 48.5 Å². The number of hydrogen-bond acceptors (Lipinski definition) is 4. The summed E-state index contributed by atoms with van der Waals surface area (Å²) in [5.41, 5.74) is 3.78. The van der Waals surface area contributed by atoms with Crippen molar-refractivity contribution in [2.45, 2.75) is 24.4 Å². The number of rotatable bonds is 4. The number of nitrogens with zero attached hydrogens (tertiary/aromatic N) is 1. The highest BCUT2D eigenvalue weighted by atomic mass is 35.5. The van der Waals surface area contributed by atoms with Crippen molar-refractivity contribution in [3.8, 4) is 0 Å². The Hall–Kier alpha value is -4.48. The molecular weight excluding hydrogens is 520 g/mol. The van der Waals surface area contributed by atoms with Gasteiger partial charge in [-0.2, -0.15) is 0 Å². The molecule has 0 aromatic heterocycles. The lowest BCUT2D eigenvalue weighted by molar-refractivity contribution is -0.121. The van der Waals surface area contributed by atoms with Crippen LogP contribution in [0, 0.1) is 5.92 Å². The number of para-hydroxylation sites is 2. The van der Waals surface area contributed by atoms with Crippen molar-refractivity contribution in [1.29, 1.82) is 0 Å². The molecule has 0 aliphatic carbocycles. The number of Topliss-reactive ketones (excluding diaryl/α,β-unsaturated/α-hetero) is 2. The molecule has 4 aromatic carbocycles. The maximum Gasteiger partial charge on any atom is 0.238 e. The molecule has 1 saturated heterocycles. The van der Waals surface area contributed by atoms with Crippen LogP contribution in [0.3, 0.4) is 0 Å². The third kappa shape index (κ3) is 3.31. The molecule has 3 aliphatic heterocycles. The van der Waals surface area contributed by atoms with Crippen LogP contribution in [0.5, 0.6) is 0 Å². The van der Waals surface area contributed by atoms with Crippen LogP contribution in [0.1, 0.15) is 38.8 Å². The topological polar surface area (TPSA) is 66.5 Å². The van der Waals surface area contributed by atoms with Crippen molar-refractivity contribution in [1.82, 2.24) is 0 Å². The summed E-state index contributed by atoms with van der Waals surface area (Å²) >= 11 is 6.17. The monoisotopic (exact) mass is 544 g/mol. The molecule has 196 valence electrons. The molecule has 0 bridgehead atoms. The van der Waals surface area contributed by atoms with E-state index in [0.717, 1.165) is 22.4 Å². The standard InChI is InChI=1S/C34H25ClN2O3/c1-20-19-28-34(25-12-6-7-13-26(25)36-33(34)40)29(31(38)21-9-3-2-4-10-21)30(32(39)22-15-17-23(35)18-16-22)37(28)27-14-8-5-11-24(20)27/h2-19,28-30H,1H3,(H,36,40)/t28-,29-,30-,34+/m0/s1. The first-order valence-corrected chi connectivity index (χ1v) is 13.7. The van der Waals surface area contributed by atoms with Crippen LogP contribution in [0.2, 0.25) is 5.02 Å². The van der Waals surface area contributed by atoms with Crippen molar-refractivity contribution < 1.29 is 14.4 Å². The van der Waals surface area contributed by atoms with Crippen molar-refractivity contribution >= 4 is 46.0 Å². The van der Waals surface area contributed by atoms with Gasteiger partial charge in [-0.05, 0) is 54.5 Å². The fourth-order valence-corrected chi connectivity index (χ4v) is 7.08. The number of carbonyl (C=O) groups is 3. The first-order valence-electron chi connectivity index (χ1n) is 13.3. The Morgan fingerprint density at radius 3 is 2.23 bits per heavy atom. The van der Waals surface area contributed by atoms with Crippen molar-refractivity contribution in [3.63, 3.8) is 0 Å². The highest BCUT2D eigenvalue weighted by Crippen LogP contribution is 2.58. The van der Waals surface area contributed by atoms with E-state index in [1.807, 2.05) is 66.4 Å². The Bertz CT molecular complexity index is 1730. The molecule has 3 heterocycles. The molecule has 0 radical (unpaired) electrons. The number of fused-ring (bicyclic) bond motifs is 6. The molecule has 3 aliphatic rings. The molecule has 6 heteroatoms. The summed E-state index contributed by atoms with van der Waals surface area (Å²) in [5, 5.41) is 3.58. The van der Waals surface area contributed by atoms with E-state index in [9.17, 15) is 14.4 Å². The molecule has 40 heavy (non-hydrogen) atoms. The number of benzene rings is 4. The third-order valence-corrected chi connectivity index (χ3v) is 8.87. The summed E-state index contributed by atoms with van der Waals surface area (Å²) in [4.78, 5) is 45.7. The van der Waals surface area contributed by atoms with Gasteiger partial charge < -0.3 is 10.2 Å². The lowest BCUT2D eigenvalue weighted by atomic mass is 9.64. The average Bonchev–Trinajstić information content (AvgIpc) is 3.45. The Morgan fingerprint density at radius 1 is 0.800 bits per heavy atom. The number of ketones is 2. The van der Waals surface area contributed by atoms with Gasteiger partial charge in [0.25, 0.3) is 0 Å². The van der Waals surface area contributed by atoms with E-state index in [0.29, 0.717) is 21.8 Å². The first-order chi connectivity index (χ1) is 19.4. The molecule has 1 fully saturated rings. The van der Waals surface area contributed by atoms with Crippen LogP contribution >= 0.6 is 11.6 Å². The van der Waals surface area contributed by atoms with Crippen LogP contribution in [0.25, 0.3) is 5.57 Å². The predicted octanol–water partition coefficient (Wildman–Crippen LogP) is 6.59. The summed E-state index contributed by atoms with van der Waals surface area (Å²) < 4.78 is 0. The molecule has 1 spiro atoms. The highest BCUT2D eigenvalue weighted by molar-refractivity contribution is 6.30. The van der Waals surface area contributed by atoms with Gasteiger partial charge in [-0.15, -0.1) is 0 Å². The van der Waals surface area contributed by atoms with Crippen LogP contribution in [0.15, 0.2) is 109 Å². The summed E-state index contributed by atoms with van der Waals surface area (Å²) in [6.07, 6.45) is 2.06. The quantitative estimate of drug-likeness (QED) is 0.294. The molecule has 4 atom stereocenters. The van der Waals surface area contributed by atoms with Gasteiger partial charge >= 0.3 is 0 Å². The highest BCUT2D eigenvalue weighted by Gasteiger charge is 2.70. The minimum absolute atomic E-state index is 0.229. The zero-order valence-electron chi connectivity index (χ0n) is 21.7. The van der Waals surface area contributed by atoms with E-state index < -0.39 is 23.4 Å². The summed E-state index contributed by atoms with van der Waals surface area (Å²) in [6, 6.07) is 29.6. The van der Waals surface area contributed by atoms with Crippen LogP contribution in [-0.4, -0.2) is 29.6 Å². The number of halogens is 1. The fourth-order valence-electron chi connectivity index (χ4n) is 6.95. The minimum Gasteiger partial charge on any atom is -0.352 e. The van der Waals surface area contributed by atoms with E-state index in [-0.39, 0.29) is 17.5 Å². The lowest BCUT2D eigenvalue weighted by Crippen LogP contribution is -2.51. The van der Waals surface area contributed by atoms with Crippen LogP contribution < -0.4 is 10.2 Å².